The van der Waals surface area contributed by atoms with Crippen LogP contribution in [-0.2, 0) is 21.3 Å². The van der Waals surface area contributed by atoms with Crippen LogP contribution in [-0.4, -0.2) is 47.7 Å². The lowest BCUT2D eigenvalue weighted by molar-refractivity contribution is -0.120. The SMILES string of the molecule is Cc1ccc(C2=CN3C(=O)/C(=C/c4ccc(OCCCCCCS(=O)(=O)O)c(F)c4)N=C3C(Cc3ccccc3)=N2)cc1. The number of amidine groups is 1. The number of aryl methyl sites for hydroxylation is 1. The molecule has 0 saturated heterocycles. The molecule has 0 unspecified atom stereocenters. The molecule has 0 saturated carbocycles. The van der Waals surface area contributed by atoms with Crippen molar-refractivity contribution in [3.63, 3.8) is 0 Å². The predicted octanol–water partition coefficient (Wildman–Crippen LogP) is 6.24. The van der Waals surface area contributed by atoms with Crippen LogP contribution in [0.2, 0.25) is 0 Å². The summed E-state index contributed by atoms with van der Waals surface area (Å²) >= 11 is 0. The highest BCUT2D eigenvalue weighted by molar-refractivity contribution is 7.85. The van der Waals surface area contributed by atoms with Crippen LogP contribution in [0.5, 0.6) is 5.75 Å². The number of halogens is 1. The topological polar surface area (TPSA) is 109 Å². The summed E-state index contributed by atoms with van der Waals surface area (Å²) in [5.41, 5.74) is 5.00. The third kappa shape index (κ3) is 7.91. The first kappa shape index (κ1) is 30.1. The Hall–Kier alpha value is -4.41. The first-order valence-corrected chi connectivity index (χ1v) is 15.7. The van der Waals surface area contributed by atoms with Gasteiger partial charge in [-0.2, -0.15) is 8.42 Å². The van der Waals surface area contributed by atoms with Crippen LogP contribution >= 0.6 is 0 Å². The number of aliphatic imine (C=N–C) groups is 2. The van der Waals surface area contributed by atoms with E-state index in [0.717, 1.165) is 16.7 Å². The van der Waals surface area contributed by atoms with Gasteiger partial charge in [-0.1, -0.05) is 79.1 Å². The first-order valence-electron chi connectivity index (χ1n) is 14.1. The van der Waals surface area contributed by atoms with Crippen molar-refractivity contribution in [1.29, 1.82) is 0 Å². The van der Waals surface area contributed by atoms with E-state index in [4.69, 9.17) is 14.3 Å². The Morgan fingerprint density at radius 3 is 2.42 bits per heavy atom. The van der Waals surface area contributed by atoms with E-state index in [0.29, 0.717) is 54.9 Å². The Labute approximate surface area is 250 Å². The second-order valence-corrected chi connectivity index (χ2v) is 12.1. The smallest absolute Gasteiger partial charge is 0.282 e. The molecule has 1 amide bonds. The number of unbranched alkanes of at least 4 members (excludes halogenated alkanes) is 3. The summed E-state index contributed by atoms with van der Waals surface area (Å²) < 4.78 is 50.7. The van der Waals surface area contributed by atoms with Crippen LogP contribution in [0.1, 0.15) is 47.9 Å². The normalized spacial score (nSPS) is 15.7. The van der Waals surface area contributed by atoms with Crippen molar-refractivity contribution in [1.82, 2.24) is 4.90 Å². The van der Waals surface area contributed by atoms with E-state index in [-0.39, 0.29) is 29.7 Å². The number of benzene rings is 3. The summed E-state index contributed by atoms with van der Waals surface area (Å²) in [4.78, 5) is 24.5. The van der Waals surface area contributed by atoms with Gasteiger partial charge in [0.2, 0.25) is 0 Å². The second kappa shape index (κ2) is 13.3. The summed E-state index contributed by atoms with van der Waals surface area (Å²) in [5.74, 6) is -0.618. The quantitative estimate of drug-likeness (QED) is 0.150. The number of nitrogens with zero attached hydrogens (tertiary/aromatic N) is 3. The fraction of sp³-hybridized carbons (Fsp3) is 0.242. The number of hydrogen-bond acceptors (Lipinski definition) is 6. The van der Waals surface area contributed by atoms with Gasteiger partial charge in [-0.25, -0.2) is 14.4 Å². The summed E-state index contributed by atoms with van der Waals surface area (Å²) in [5, 5.41) is 0. The second-order valence-electron chi connectivity index (χ2n) is 10.5. The molecular formula is C33H32FN3O5S. The molecule has 2 heterocycles. The van der Waals surface area contributed by atoms with E-state index >= 15 is 0 Å². The number of hydrogen-bond donors (Lipinski definition) is 1. The maximum Gasteiger partial charge on any atom is 0.282 e. The summed E-state index contributed by atoms with van der Waals surface area (Å²) in [6.45, 7) is 2.28. The highest BCUT2D eigenvalue weighted by Gasteiger charge is 2.35. The lowest BCUT2D eigenvalue weighted by Gasteiger charge is -2.22. The minimum Gasteiger partial charge on any atom is -0.491 e. The van der Waals surface area contributed by atoms with Gasteiger partial charge in [0.25, 0.3) is 16.0 Å². The van der Waals surface area contributed by atoms with Crippen molar-refractivity contribution in [3.8, 4) is 5.75 Å². The van der Waals surface area contributed by atoms with Crippen LogP contribution in [0.25, 0.3) is 11.8 Å². The fourth-order valence-electron chi connectivity index (χ4n) is 4.77. The number of rotatable bonds is 12. The summed E-state index contributed by atoms with van der Waals surface area (Å²) in [6, 6.07) is 22.3. The maximum atomic E-state index is 14.8. The summed E-state index contributed by atoms with van der Waals surface area (Å²) in [6.07, 6.45) is 6.02. The first-order chi connectivity index (χ1) is 20.7. The molecule has 8 nitrogen and oxygen atoms in total. The number of ether oxygens (including phenoxy) is 1. The van der Waals surface area contributed by atoms with Gasteiger partial charge in [0, 0.05) is 18.2 Å². The predicted molar refractivity (Wildman–Crippen MR) is 166 cm³/mol. The van der Waals surface area contributed by atoms with Crippen LogP contribution in [0.4, 0.5) is 4.39 Å². The lowest BCUT2D eigenvalue weighted by Crippen LogP contribution is -2.36. The van der Waals surface area contributed by atoms with Crippen LogP contribution in [0.15, 0.2) is 94.7 Å². The fourth-order valence-corrected chi connectivity index (χ4v) is 5.34. The van der Waals surface area contributed by atoms with Crippen LogP contribution < -0.4 is 4.74 Å². The van der Waals surface area contributed by atoms with Crippen molar-refractivity contribution in [2.45, 2.75) is 39.0 Å². The van der Waals surface area contributed by atoms with Gasteiger partial charge >= 0.3 is 0 Å². The summed E-state index contributed by atoms with van der Waals surface area (Å²) in [7, 11) is -3.95. The molecule has 2 aliphatic heterocycles. The van der Waals surface area contributed by atoms with Crippen molar-refractivity contribution < 1.29 is 26.9 Å². The molecule has 43 heavy (non-hydrogen) atoms. The minimum atomic E-state index is -3.95. The molecule has 0 aromatic heterocycles. The van der Waals surface area contributed by atoms with Gasteiger partial charge in [-0.3, -0.25) is 14.2 Å². The monoisotopic (exact) mass is 601 g/mol. The van der Waals surface area contributed by atoms with Gasteiger partial charge in [0.15, 0.2) is 17.4 Å². The molecule has 0 radical (unpaired) electrons. The van der Waals surface area contributed by atoms with Crippen molar-refractivity contribution >= 4 is 39.3 Å². The van der Waals surface area contributed by atoms with Crippen molar-refractivity contribution in [3.05, 3.63) is 113 Å². The molecule has 0 aliphatic carbocycles. The van der Waals surface area contributed by atoms with E-state index in [1.165, 1.54) is 17.0 Å². The average Bonchev–Trinajstić information content (AvgIpc) is 3.29. The third-order valence-corrected chi connectivity index (χ3v) is 7.84. The van der Waals surface area contributed by atoms with Crippen molar-refractivity contribution in [2.24, 2.45) is 9.98 Å². The minimum absolute atomic E-state index is 0.0875. The van der Waals surface area contributed by atoms with Gasteiger partial charge in [-0.15, -0.1) is 0 Å². The highest BCUT2D eigenvalue weighted by Crippen LogP contribution is 2.29. The molecule has 3 aromatic carbocycles. The van der Waals surface area contributed by atoms with Gasteiger partial charge < -0.3 is 4.74 Å². The van der Waals surface area contributed by atoms with Gasteiger partial charge in [-0.05, 0) is 49.1 Å². The zero-order valence-corrected chi connectivity index (χ0v) is 24.6. The Kier molecular flexibility index (Phi) is 9.27. The molecular weight excluding hydrogens is 569 g/mol. The van der Waals surface area contributed by atoms with Gasteiger partial charge in [0.05, 0.1) is 23.8 Å². The molecule has 0 bridgehead atoms. The number of amides is 1. The highest BCUT2D eigenvalue weighted by atomic mass is 32.2. The van der Waals surface area contributed by atoms with E-state index in [9.17, 15) is 17.6 Å². The molecule has 10 heteroatoms. The van der Waals surface area contributed by atoms with Crippen LogP contribution in [0, 0.1) is 12.7 Å². The Balaban J connectivity index is 1.31. The van der Waals surface area contributed by atoms with E-state index < -0.39 is 15.9 Å². The molecule has 0 atom stereocenters. The molecule has 0 spiro atoms. The molecule has 3 aromatic rings. The lowest BCUT2D eigenvalue weighted by atomic mass is 10.0. The molecule has 2 aliphatic rings. The maximum absolute atomic E-state index is 14.8. The average molecular weight is 602 g/mol. The van der Waals surface area contributed by atoms with E-state index in [1.807, 2.05) is 61.5 Å². The Morgan fingerprint density at radius 1 is 0.953 bits per heavy atom. The molecule has 0 fully saturated rings. The number of fused-ring (bicyclic) bond motifs is 1. The Morgan fingerprint density at radius 2 is 1.70 bits per heavy atom. The third-order valence-electron chi connectivity index (χ3n) is 7.03. The van der Waals surface area contributed by atoms with Gasteiger partial charge in [0.1, 0.15) is 5.70 Å². The zero-order chi connectivity index (χ0) is 30.4. The molecule has 5 rings (SSSR count). The Bertz CT molecular complexity index is 1730. The number of carbonyl (C=O) groups excluding carboxylic acids is 1. The van der Waals surface area contributed by atoms with Crippen molar-refractivity contribution in [2.75, 3.05) is 12.4 Å². The largest absolute Gasteiger partial charge is 0.491 e. The number of carbonyl (C=O) groups is 1. The molecule has 222 valence electrons. The van der Waals surface area contributed by atoms with E-state index in [1.54, 1.807) is 18.3 Å². The van der Waals surface area contributed by atoms with E-state index in [2.05, 4.69) is 4.99 Å². The zero-order valence-electron chi connectivity index (χ0n) is 23.7. The van der Waals surface area contributed by atoms with Crippen LogP contribution in [0.3, 0.4) is 0 Å². The molecule has 1 N–H and O–H groups in total. The standard InChI is InChI=1S/C33H32FN3O5S/c1-23-11-14-26(15-12-23)30-22-37-32(28(35-30)20-24-9-5-4-6-10-24)36-29(33(37)38)21-25-13-16-31(27(34)19-25)42-17-7-2-3-8-18-43(39,40)41/h4-6,9-16,19,21-22H,2-3,7-8,17-18,20H2,1H3,(H,39,40,41)/b29-21-.